The third-order valence-corrected chi connectivity index (χ3v) is 6.17. The molecule has 7 heteroatoms. The number of amides is 2. The molecule has 3 aromatic rings. The van der Waals surface area contributed by atoms with E-state index in [9.17, 15) is 9.59 Å². The minimum absolute atomic E-state index is 0.251. The Hall–Kier alpha value is -4.00. The topological polar surface area (TPSA) is 77.1 Å². The van der Waals surface area contributed by atoms with Crippen LogP contribution < -0.4 is 24.4 Å². The molecule has 0 bridgehead atoms. The number of hydrogen-bond donors (Lipinski definition) is 1. The number of carbonyl (C=O) groups excluding carboxylic acids is 2. The predicted octanol–water partition coefficient (Wildman–Crippen LogP) is 3.99. The SMILES string of the molecule is COc1ccc(CNC(=O)[C@@]2(C)Cc3ccccc3C(=O)N2c2cc(OC)cc(OC)c2)cc1. The molecule has 1 N–H and O–H groups in total. The van der Waals surface area contributed by atoms with Crippen molar-refractivity contribution in [2.45, 2.75) is 25.4 Å². The number of rotatable bonds is 7. The number of anilines is 1. The minimum Gasteiger partial charge on any atom is -0.497 e. The number of methoxy groups -OCH3 is 3. The van der Waals surface area contributed by atoms with Crippen molar-refractivity contribution in [2.75, 3.05) is 26.2 Å². The van der Waals surface area contributed by atoms with Crippen molar-refractivity contribution in [3.05, 3.63) is 83.4 Å². The van der Waals surface area contributed by atoms with Crippen LogP contribution in [0.5, 0.6) is 17.2 Å². The lowest BCUT2D eigenvalue weighted by atomic mass is 9.82. The first-order valence-corrected chi connectivity index (χ1v) is 11.0. The van der Waals surface area contributed by atoms with Gasteiger partial charge >= 0.3 is 0 Å². The van der Waals surface area contributed by atoms with Gasteiger partial charge in [-0.3, -0.25) is 14.5 Å². The van der Waals surface area contributed by atoms with Gasteiger partial charge < -0.3 is 19.5 Å². The summed E-state index contributed by atoms with van der Waals surface area (Å²) in [5, 5.41) is 3.02. The number of benzene rings is 3. The van der Waals surface area contributed by atoms with Crippen LogP contribution in [0.15, 0.2) is 66.7 Å². The Morgan fingerprint density at radius 1 is 0.912 bits per heavy atom. The van der Waals surface area contributed by atoms with Gasteiger partial charge in [0.1, 0.15) is 22.8 Å². The molecule has 0 aliphatic carbocycles. The Morgan fingerprint density at radius 2 is 1.53 bits per heavy atom. The summed E-state index contributed by atoms with van der Waals surface area (Å²) >= 11 is 0. The zero-order chi connectivity index (χ0) is 24.3. The summed E-state index contributed by atoms with van der Waals surface area (Å²) in [7, 11) is 4.71. The third-order valence-electron chi connectivity index (χ3n) is 6.17. The molecule has 1 aliphatic rings. The molecule has 1 atom stereocenters. The van der Waals surface area contributed by atoms with Crippen molar-refractivity contribution in [2.24, 2.45) is 0 Å². The van der Waals surface area contributed by atoms with E-state index < -0.39 is 5.54 Å². The Labute approximate surface area is 199 Å². The van der Waals surface area contributed by atoms with Crippen molar-refractivity contribution in [1.82, 2.24) is 5.32 Å². The first kappa shape index (κ1) is 23.2. The van der Waals surface area contributed by atoms with Crippen molar-refractivity contribution in [1.29, 1.82) is 0 Å². The van der Waals surface area contributed by atoms with Crippen LogP contribution in [-0.4, -0.2) is 38.7 Å². The van der Waals surface area contributed by atoms with Gasteiger partial charge in [0.2, 0.25) is 5.91 Å². The van der Waals surface area contributed by atoms with Crippen molar-refractivity contribution < 1.29 is 23.8 Å². The maximum Gasteiger partial charge on any atom is 0.259 e. The first-order chi connectivity index (χ1) is 16.4. The molecule has 0 unspecified atom stereocenters. The van der Waals surface area contributed by atoms with Crippen LogP contribution in [-0.2, 0) is 17.8 Å². The monoisotopic (exact) mass is 460 g/mol. The van der Waals surface area contributed by atoms with Gasteiger partial charge in [-0.2, -0.15) is 0 Å². The van der Waals surface area contributed by atoms with E-state index in [1.165, 1.54) is 0 Å². The number of nitrogens with zero attached hydrogens (tertiary/aromatic N) is 1. The van der Waals surface area contributed by atoms with E-state index in [0.29, 0.717) is 35.7 Å². The summed E-state index contributed by atoms with van der Waals surface area (Å²) in [4.78, 5) is 28.9. The predicted molar refractivity (Wildman–Crippen MR) is 130 cm³/mol. The number of carbonyl (C=O) groups is 2. The van der Waals surface area contributed by atoms with Crippen molar-refractivity contribution in [3.63, 3.8) is 0 Å². The second-order valence-corrected chi connectivity index (χ2v) is 8.35. The van der Waals surface area contributed by atoms with Crippen LogP contribution in [0.25, 0.3) is 0 Å². The fourth-order valence-electron chi connectivity index (χ4n) is 4.30. The molecule has 1 heterocycles. The third kappa shape index (κ3) is 4.29. The Bertz CT molecular complexity index is 1190. The van der Waals surface area contributed by atoms with E-state index in [-0.39, 0.29) is 11.8 Å². The Kier molecular flexibility index (Phi) is 6.45. The molecule has 0 radical (unpaired) electrons. The molecule has 0 aromatic heterocycles. The fourth-order valence-corrected chi connectivity index (χ4v) is 4.30. The number of ether oxygens (including phenoxy) is 3. The molecule has 2 amide bonds. The maximum absolute atomic E-state index is 13.7. The zero-order valence-corrected chi connectivity index (χ0v) is 19.8. The quantitative estimate of drug-likeness (QED) is 0.577. The highest BCUT2D eigenvalue weighted by molar-refractivity contribution is 6.14. The average molecular weight is 461 g/mol. The first-order valence-electron chi connectivity index (χ1n) is 11.0. The van der Waals surface area contributed by atoms with E-state index >= 15 is 0 Å². The van der Waals surface area contributed by atoms with Gasteiger partial charge in [-0.05, 0) is 36.2 Å². The summed E-state index contributed by atoms with van der Waals surface area (Å²) in [6, 6.07) is 20.1. The highest BCUT2D eigenvalue weighted by atomic mass is 16.5. The second-order valence-electron chi connectivity index (χ2n) is 8.35. The van der Waals surface area contributed by atoms with Gasteiger partial charge in [-0.1, -0.05) is 30.3 Å². The smallest absolute Gasteiger partial charge is 0.259 e. The van der Waals surface area contributed by atoms with Crippen LogP contribution in [0.3, 0.4) is 0 Å². The van der Waals surface area contributed by atoms with Gasteiger partial charge in [0, 0.05) is 36.7 Å². The van der Waals surface area contributed by atoms with E-state index in [1.807, 2.05) is 42.5 Å². The lowest BCUT2D eigenvalue weighted by Gasteiger charge is -2.44. The van der Waals surface area contributed by atoms with Crippen LogP contribution in [0.4, 0.5) is 5.69 Å². The summed E-state index contributed by atoms with van der Waals surface area (Å²) in [6.07, 6.45) is 0.364. The molecule has 7 nitrogen and oxygen atoms in total. The van der Waals surface area contributed by atoms with E-state index in [0.717, 1.165) is 16.9 Å². The summed E-state index contributed by atoms with van der Waals surface area (Å²) < 4.78 is 16.0. The molecular weight excluding hydrogens is 432 g/mol. The summed E-state index contributed by atoms with van der Waals surface area (Å²) in [5.74, 6) is 1.30. The molecule has 0 saturated heterocycles. The fraction of sp³-hybridized carbons (Fsp3) is 0.259. The molecule has 3 aromatic carbocycles. The van der Waals surface area contributed by atoms with Crippen LogP contribution >= 0.6 is 0 Å². The Balaban J connectivity index is 1.72. The van der Waals surface area contributed by atoms with Gasteiger partial charge in [0.25, 0.3) is 5.91 Å². The normalized spacial score (nSPS) is 17.1. The standard InChI is InChI=1S/C27H28N2O5/c1-27(26(31)28-17-18-9-11-21(32-2)12-10-18)16-19-7-5-6-8-24(19)25(30)29(27)20-13-22(33-3)15-23(14-20)34-4/h5-15H,16-17H2,1-4H3,(H,28,31)/t27-/m1/s1. The molecule has 0 fully saturated rings. The lowest BCUT2D eigenvalue weighted by Crippen LogP contribution is -2.63. The largest absolute Gasteiger partial charge is 0.497 e. The van der Waals surface area contributed by atoms with E-state index in [1.54, 1.807) is 57.4 Å². The van der Waals surface area contributed by atoms with Crippen LogP contribution in [0.2, 0.25) is 0 Å². The molecule has 1 aliphatic heterocycles. The zero-order valence-electron chi connectivity index (χ0n) is 19.8. The lowest BCUT2D eigenvalue weighted by molar-refractivity contribution is -0.126. The summed E-state index contributed by atoms with van der Waals surface area (Å²) in [5.41, 5.74) is 1.69. The maximum atomic E-state index is 13.7. The number of fused-ring (bicyclic) bond motifs is 1. The average Bonchev–Trinajstić information content (AvgIpc) is 2.87. The van der Waals surface area contributed by atoms with E-state index in [4.69, 9.17) is 14.2 Å². The molecule has 4 rings (SSSR count). The van der Waals surface area contributed by atoms with Gasteiger partial charge in [-0.15, -0.1) is 0 Å². The second kappa shape index (κ2) is 9.47. The minimum atomic E-state index is -1.17. The van der Waals surface area contributed by atoms with Crippen LogP contribution in [0, 0.1) is 0 Å². The van der Waals surface area contributed by atoms with Gasteiger partial charge in [0.05, 0.1) is 27.0 Å². The van der Waals surface area contributed by atoms with E-state index in [2.05, 4.69) is 5.32 Å². The molecule has 0 spiro atoms. The molecule has 176 valence electrons. The highest BCUT2D eigenvalue weighted by Crippen LogP contribution is 2.38. The summed E-state index contributed by atoms with van der Waals surface area (Å²) in [6.45, 7) is 2.11. The highest BCUT2D eigenvalue weighted by Gasteiger charge is 2.47. The Morgan fingerprint density at radius 3 is 2.15 bits per heavy atom. The molecular formula is C27H28N2O5. The van der Waals surface area contributed by atoms with Crippen molar-refractivity contribution >= 4 is 17.5 Å². The van der Waals surface area contributed by atoms with Gasteiger partial charge in [-0.25, -0.2) is 0 Å². The van der Waals surface area contributed by atoms with Crippen molar-refractivity contribution in [3.8, 4) is 17.2 Å². The molecule has 34 heavy (non-hydrogen) atoms. The van der Waals surface area contributed by atoms with Crippen LogP contribution in [0.1, 0.15) is 28.4 Å². The van der Waals surface area contributed by atoms with Gasteiger partial charge in [0.15, 0.2) is 0 Å². The number of nitrogens with one attached hydrogen (secondary N) is 1. The molecule has 0 saturated carbocycles. The number of hydrogen-bond acceptors (Lipinski definition) is 5.